The van der Waals surface area contributed by atoms with E-state index in [1.165, 1.54) is 0 Å². The molecule has 0 bridgehead atoms. The number of carbonyl (C=O) groups is 1. The molecular formula is C26H38N6O. The smallest absolute Gasteiger partial charge is 0.276 e. The molecule has 0 radical (unpaired) electrons. The van der Waals surface area contributed by atoms with Gasteiger partial charge in [0.2, 0.25) is 0 Å². The second-order valence-electron chi connectivity index (χ2n) is 9.03. The van der Waals surface area contributed by atoms with Crippen molar-refractivity contribution in [2.75, 3.05) is 18.9 Å². The third-order valence-electron chi connectivity index (χ3n) is 5.09. The molecule has 0 saturated carbocycles. The Balaban J connectivity index is 2.04. The van der Waals surface area contributed by atoms with Crippen LogP contribution < -0.4 is 16.0 Å². The number of carbonyl (C=O) groups excluding carboxylic acids is 1. The Morgan fingerprint density at radius 2 is 2.03 bits per heavy atom. The van der Waals surface area contributed by atoms with Crippen molar-refractivity contribution in [2.24, 2.45) is 12.0 Å². The van der Waals surface area contributed by atoms with Gasteiger partial charge in [-0.1, -0.05) is 45.9 Å². The third-order valence-corrected chi connectivity index (χ3v) is 5.09. The molecule has 0 fully saturated rings. The van der Waals surface area contributed by atoms with Gasteiger partial charge in [-0.15, -0.1) is 0 Å². The highest BCUT2D eigenvalue weighted by Crippen LogP contribution is 2.23. The van der Waals surface area contributed by atoms with Crippen LogP contribution in [0.4, 0.5) is 5.69 Å². The molecule has 0 aliphatic heterocycles. The van der Waals surface area contributed by atoms with E-state index in [4.69, 9.17) is 0 Å². The molecule has 33 heavy (non-hydrogen) atoms. The topological polar surface area (TPSA) is 83.3 Å². The number of rotatable bonds is 10. The summed E-state index contributed by atoms with van der Waals surface area (Å²) in [4.78, 5) is 17.2. The van der Waals surface area contributed by atoms with E-state index in [0.29, 0.717) is 12.2 Å². The predicted octanol–water partition coefficient (Wildman–Crippen LogP) is 4.72. The summed E-state index contributed by atoms with van der Waals surface area (Å²) in [7, 11) is 3.77. The number of nitrogens with one attached hydrogen (secondary N) is 3. The number of hydrogen-bond donors (Lipinski definition) is 3. The number of allylic oxidation sites excluding steroid dienone is 1. The van der Waals surface area contributed by atoms with Gasteiger partial charge in [0.05, 0.1) is 5.71 Å². The van der Waals surface area contributed by atoms with Crippen molar-refractivity contribution in [2.45, 2.75) is 52.5 Å². The van der Waals surface area contributed by atoms with E-state index >= 15 is 0 Å². The van der Waals surface area contributed by atoms with E-state index in [1.807, 2.05) is 56.7 Å². The van der Waals surface area contributed by atoms with Crippen molar-refractivity contribution < 1.29 is 4.79 Å². The molecule has 0 aliphatic rings. The fourth-order valence-corrected chi connectivity index (χ4v) is 3.36. The van der Waals surface area contributed by atoms with Gasteiger partial charge in [0.25, 0.3) is 5.91 Å². The fourth-order valence-electron chi connectivity index (χ4n) is 3.36. The Morgan fingerprint density at radius 1 is 1.27 bits per heavy atom. The molecule has 0 spiro atoms. The van der Waals surface area contributed by atoms with Crippen LogP contribution in [0.15, 0.2) is 59.9 Å². The predicted molar refractivity (Wildman–Crippen MR) is 138 cm³/mol. The average Bonchev–Trinajstić information content (AvgIpc) is 3.17. The molecule has 3 N–H and O–H groups in total. The van der Waals surface area contributed by atoms with Gasteiger partial charge in [-0.25, -0.2) is 0 Å². The first-order valence-electron chi connectivity index (χ1n) is 11.4. The molecule has 2 rings (SSSR count). The van der Waals surface area contributed by atoms with E-state index in [2.05, 4.69) is 66.7 Å². The van der Waals surface area contributed by atoms with Crippen molar-refractivity contribution in [3.05, 3.63) is 71.8 Å². The first-order valence-corrected chi connectivity index (χ1v) is 11.4. The SMILES string of the molecule is CC/C=C/C(CNC)=NC=CNC(C)c1cccc(NC(=O)c2cc(C(C)(C)C)n(C)n2)c1. The first-order chi connectivity index (χ1) is 15.7. The summed E-state index contributed by atoms with van der Waals surface area (Å²) in [6.07, 6.45) is 8.71. The van der Waals surface area contributed by atoms with Crippen molar-refractivity contribution in [1.29, 1.82) is 0 Å². The zero-order chi connectivity index (χ0) is 24.4. The largest absolute Gasteiger partial charge is 0.383 e. The number of aryl methyl sites for hydroxylation is 1. The standard InChI is InChI=1S/C26H38N6O/c1-8-9-12-22(18-27-6)29-15-14-28-19(2)20-11-10-13-21(16-20)30-25(33)23-17-24(26(3,4)5)32(7)31-23/h9-17,19,27-28H,8,18H2,1-7H3,(H,30,33)/b12-9+,15-14?,29-22?. The number of aliphatic imine (C=N–C) groups is 1. The van der Waals surface area contributed by atoms with Crippen molar-refractivity contribution in [3.63, 3.8) is 0 Å². The molecule has 1 aromatic heterocycles. The number of anilines is 1. The van der Waals surface area contributed by atoms with Crippen LogP contribution in [0.5, 0.6) is 0 Å². The molecule has 2 aromatic rings. The number of amides is 1. The number of benzene rings is 1. The normalized spacial score (nSPS) is 13.6. The van der Waals surface area contributed by atoms with Crippen molar-refractivity contribution >= 4 is 17.3 Å². The Morgan fingerprint density at radius 3 is 2.67 bits per heavy atom. The first kappa shape index (κ1) is 26.1. The van der Waals surface area contributed by atoms with Gasteiger partial charge in [0, 0.05) is 48.8 Å². The Kier molecular flexibility index (Phi) is 9.60. The zero-order valence-corrected chi connectivity index (χ0v) is 20.9. The Labute approximate surface area is 198 Å². The van der Waals surface area contributed by atoms with Gasteiger partial charge in [0.1, 0.15) is 0 Å². The third kappa shape index (κ3) is 8.02. The minimum atomic E-state index is -0.217. The molecule has 0 aliphatic carbocycles. The van der Waals surface area contributed by atoms with Gasteiger partial charge in [-0.2, -0.15) is 5.10 Å². The molecule has 178 valence electrons. The van der Waals surface area contributed by atoms with Crippen LogP contribution in [-0.2, 0) is 12.5 Å². The molecule has 0 saturated heterocycles. The van der Waals surface area contributed by atoms with E-state index in [1.54, 1.807) is 10.9 Å². The van der Waals surface area contributed by atoms with Crippen molar-refractivity contribution in [3.8, 4) is 0 Å². The molecule has 1 amide bonds. The highest BCUT2D eigenvalue weighted by Gasteiger charge is 2.22. The summed E-state index contributed by atoms with van der Waals surface area (Å²) < 4.78 is 1.77. The lowest BCUT2D eigenvalue weighted by Gasteiger charge is -2.17. The molecule has 1 unspecified atom stereocenters. The molecule has 1 heterocycles. The molecular weight excluding hydrogens is 412 g/mol. The average molecular weight is 451 g/mol. The minimum Gasteiger partial charge on any atom is -0.383 e. The summed E-state index contributed by atoms with van der Waals surface area (Å²) >= 11 is 0. The van der Waals surface area contributed by atoms with E-state index in [-0.39, 0.29) is 17.4 Å². The summed E-state index contributed by atoms with van der Waals surface area (Å²) in [5.74, 6) is -0.217. The van der Waals surface area contributed by atoms with E-state index < -0.39 is 0 Å². The summed E-state index contributed by atoms with van der Waals surface area (Å²) in [6, 6.07) is 9.72. The van der Waals surface area contributed by atoms with Crippen LogP contribution in [0, 0.1) is 0 Å². The second-order valence-corrected chi connectivity index (χ2v) is 9.03. The maximum absolute atomic E-state index is 12.8. The van der Waals surface area contributed by atoms with E-state index in [0.717, 1.165) is 29.1 Å². The van der Waals surface area contributed by atoms with Gasteiger partial charge in [-0.05, 0) is 50.2 Å². The van der Waals surface area contributed by atoms with Crippen LogP contribution in [0.1, 0.15) is 68.8 Å². The maximum Gasteiger partial charge on any atom is 0.276 e. The minimum absolute atomic E-state index is 0.0505. The lowest BCUT2D eigenvalue weighted by atomic mass is 9.92. The lowest BCUT2D eigenvalue weighted by molar-refractivity contribution is 0.102. The Bertz CT molecular complexity index is 1010. The number of hydrogen-bond acceptors (Lipinski definition) is 5. The van der Waals surface area contributed by atoms with Crippen LogP contribution >= 0.6 is 0 Å². The monoisotopic (exact) mass is 450 g/mol. The van der Waals surface area contributed by atoms with Gasteiger partial charge >= 0.3 is 0 Å². The van der Waals surface area contributed by atoms with Crippen LogP contribution in [0.2, 0.25) is 0 Å². The molecule has 7 heteroatoms. The summed E-state index contributed by atoms with van der Waals surface area (Å²) in [5.41, 5.74) is 4.10. The Hall–Kier alpha value is -3.19. The van der Waals surface area contributed by atoms with Crippen LogP contribution in [0.25, 0.3) is 0 Å². The van der Waals surface area contributed by atoms with Gasteiger partial charge in [0.15, 0.2) is 5.69 Å². The van der Waals surface area contributed by atoms with Gasteiger partial charge in [-0.3, -0.25) is 14.5 Å². The van der Waals surface area contributed by atoms with Gasteiger partial charge < -0.3 is 16.0 Å². The van der Waals surface area contributed by atoms with Crippen molar-refractivity contribution in [1.82, 2.24) is 20.4 Å². The second kappa shape index (κ2) is 12.2. The fraction of sp³-hybridized carbons (Fsp3) is 0.423. The van der Waals surface area contributed by atoms with E-state index in [9.17, 15) is 4.79 Å². The summed E-state index contributed by atoms with van der Waals surface area (Å²) in [5, 5.41) is 13.8. The summed E-state index contributed by atoms with van der Waals surface area (Å²) in [6.45, 7) is 11.2. The zero-order valence-electron chi connectivity index (χ0n) is 20.9. The number of nitrogens with zero attached hydrogens (tertiary/aromatic N) is 3. The maximum atomic E-state index is 12.8. The molecule has 7 nitrogen and oxygen atoms in total. The molecule has 1 atom stereocenters. The highest BCUT2D eigenvalue weighted by atomic mass is 16.1. The lowest BCUT2D eigenvalue weighted by Crippen LogP contribution is -2.16. The van der Waals surface area contributed by atoms with Crippen LogP contribution in [-0.4, -0.2) is 35.0 Å². The quantitative estimate of drug-likeness (QED) is 0.458. The number of aromatic nitrogens is 2. The highest BCUT2D eigenvalue weighted by molar-refractivity contribution is 6.03. The van der Waals surface area contributed by atoms with Crippen LogP contribution in [0.3, 0.4) is 0 Å². The molecule has 1 aromatic carbocycles.